The molecule has 0 unspecified atom stereocenters. The van der Waals surface area contributed by atoms with E-state index in [1.54, 1.807) is 6.33 Å². The molecule has 0 fully saturated rings. The molecule has 2 aromatic rings. The van der Waals surface area contributed by atoms with Crippen LogP contribution in [0.2, 0.25) is 0 Å². The molecule has 112 valence electrons. The van der Waals surface area contributed by atoms with Gasteiger partial charge in [-0.05, 0) is 37.0 Å². The van der Waals surface area contributed by atoms with E-state index in [0.29, 0.717) is 0 Å². The molecule has 0 amide bonds. The maximum absolute atomic E-state index is 4.36. The van der Waals surface area contributed by atoms with Crippen LogP contribution in [0.25, 0.3) is 0 Å². The van der Waals surface area contributed by atoms with E-state index < -0.39 is 0 Å². The Balaban J connectivity index is 2.14. The Labute approximate surface area is 127 Å². The summed E-state index contributed by atoms with van der Waals surface area (Å²) in [5.41, 5.74) is 3.55. The minimum atomic E-state index is 0.873. The third-order valence-corrected chi connectivity index (χ3v) is 3.57. The van der Waals surface area contributed by atoms with Crippen LogP contribution in [-0.2, 0) is 12.8 Å². The van der Waals surface area contributed by atoms with Crippen LogP contribution in [0.3, 0.4) is 0 Å². The third kappa shape index (κ3) is 3.94. The molecule has 0 aliphatic rings. The van der Waals surface area contributed by atoms with Crippen LogP contribution in [0, 0.1) is 0 Å². The second-order valence-electron chi connectivity index (χ2n) is 5.08. The number of benzene rings is 1. The lowest BCUT2D eigenvalue weighted by Crippen LogP contribution is -2.04. The van der Waals surface area contributed by atoms with Crippen molar-refractivity contribution in [2.75, 3.05) is 17.7 Å². The van der Waals surface area contributed by atoms with Gasteiger partial charge in [0.25, 0.3) is 0 Å². The maximum Gasteiger partial charge on any atom is 0.139 e. The second-order valence-corrected chi connectivity index (χ2v) is 5.08. The summed E-state index contributed by atoms with van der Waals surface area (Å²) in [5, 5.41) is 6.50. The third-order valence-electron chi connectivity index (χ3n) is 3.57. The largest absolute Gasteiger partial charge is 0.373 e. The van der Waals surface area contributed by atoms with Gasteiger partial charge in [0.15, 0.2) is 0 Å². The highest BCUT2D eigenvalue weighted by Crippen LogP contribution is 2.24. The van der Waals surface area contributed by atoms with Crippen LogP contribution in [0.5, 0.6) is 0 Å². The summed E-state index contributed by atoms with van der Waals surface area (Å²) < 4.78 is 0. The molecular formula is C17H24N4. The highest BCUT2D eigenvalue weighted by Gasteiger charge is 2.08. The van der Waals surface area contributed by atoms with Gasteiger partial charge in [-0.15, -0.1) is 0 Å². The van der Waals surface area contributed by atoms with Gasteiger partial charge in [0.1, 0.15) is 18.0 Å². The summed E-state index contributed by atoms with van der Waals surface area (Å²) >= 11 is 0. The molecule has 4 nitrogen and oxygen atoms in total. The fourth-order valence-corrected chi connectivity index (χ4v) is 2.34. The highest BCUT2D eigenvalue weighted by molar-refractivity contribution is 5.64. The van der Waals surface area contributed by atoms with E-state index in [2.05, 4.69) is 58.7 Å². The summed E-state index contributed by atoms with van der Waals surface area (Å²) in [4.78, 5) is 8.62. The average molecular weight is 284 g/mol. The number of aryl methyl sites for hydroxylation is 1. The van der Waals surface area contributed by atoms with Crippen LogP contribution < -0.4 is 10.6 Å². The van der Waals surface area contributed by atoms with Gasteiger partial charge in [0, 0.05) is 18.3 Å². The van der Waals surface area contributed by atoms with Crippen molar-refractivity contribution in [3.8, 4) is 0 Å². The van der Waals surface area contributed by atoms with Crippen molar-refractivity contribution in [2.24, 2.45) is 0 Å². The molecule has 2 N–H and O–H groups in total. The zero-order valence-corrected chi connectivity index (χ0v) is 13.1. The molecule has 0 aliphatic carbocycles. The molecular weight excluding hydrogens is 260 g/mol. The zero-order valence-electron chi connectivity index (χ0n) is 13.1. The van der Waals surface area contributed by atoms with Crippen molar-refractivity contribution < 1.29 is 0 Å². The Morgan fingerprint density at radius 3 is 2.33 bits per heavy atom. The Kier molecular flexibility index (Phi) is 5.55. The topological polar surface area (TPSA) is 49.8 Å². The number of rotatable bonds is 7. The van der Waals surface area contributed by atoms with Gasteiger partial charge in [-0.3, -0.25) is 0 Å². The van der Waals surface area contributed by atoms with E-state index in [0.717, 1.165) is 35.7 Å². The number of anilines is 3. The fourth-order valence-electron chi connectivity index (χ4n) is 2.34. The van der Waals surface area contributed by atoms with E-state index in [1.165, 1.54) is 18.4 Å². The molecule has 2 rings (SSSR count). The van der Waals surface area contributed by atoms with Gasteiger partial charge in [-0.1, -0.05) is 32.4 Å². The minimum absolute atomic E-state index is 0.873. The summed E-state index contributed by atoms with van der Waals surface area (Å²) in [6.45, 7) is 4.33. The van der Waals surface area contributed by atoms with Gasteiger partial charge in [-0.25, -0.2) is 9.97 Å². The Bertz CT molecular complexity index is 564. The Hall–Kier alpha value is -2.10. The van der Waals surface area contributed by atoms with Gasteiger partial charge in [0.2, 0.25) is 0 Å². The molecule has 0 bridgehead atoms. The lowest BCUT2D eigenvalue weighted by molar-refractivity contribution is 0.795. The first-order chi connectivity index (χ1) is 10.3. The summed E-state index contributed by atoms with van der Waals surface area (Å²) in [6.07, 6.45) is 6.09. The zero-order chi connectivity index (χ0) is 15.1. The first kappa shape index (κ1) is 15.3. The van der Waals surface area contributed by atoms with Gasteiger partial charge >= 0.3 is 0 Å². The van der Waals surface area contributed by atoms with E-state index in [1.807, 2.05) is 7.05 Å². The number of hydrogen-bond donors (Lipinski definition) is 2. The first-order valence-corrected chi connectivity index (χ1v) is 7.66. The van der Waals surface area contributed by atoms with Crippen LogP contribution in [0.4, 0.5) is 17.3 Å². The van der Waals surface area contributed by atoms with Crippen LogP contribution >= 0.6 is 0 Å². The van der Waals surface area contributed by atoms with Crippen molar-refractivity contribution in [3.05, 3.63) is 41.7 Å². The molecule has 0 radical (unpaired) electrons. The van der Waals surface area contributed by atoms with Crippen LogP contribution in [-0.4, -0.2) is 17.0 Å². The summed E-state index contributed by atoms with van der Waals surface area (Å²) in [5.74, 6) is 1.76. The Morgan fingerprint density at radius 2 is 1.71 bits per heavy atom. The minimum Gasteiger partial charge on any atom is -0.373 e. The second kappa shape index (κ2) is 7.62. The molecule has 0 saturated carbocycles. The van der Waals surface area contributed by atoms with Crippen LogP contribution in [0.15, 0.2) is 30.6 Å². The summed E-state index contributed by atoms with van der Waals surface area (Å²) in [6, 6.07) is 8.60. The number of aromatic nitrogens is 2. The lowest BCUT2D eigenvalue weighted by Gasteiger charge is -2.13. The van der Waals surface area contributed by atoms with Crippen molar-refractivity contribution in [1.82, 2.24) is 9.97 Å². The molecule has 0 spiro atoms. The average Bonchev–Trinajstić information content (AvgIpc) is 2.54. The highest BCUT2D eigenvalue weighted by atomic mass is 15.1. The van der Waals surface area contributed by atoms with E-state index in [4.69, 9.17) is 0 Å². The van der Waals surface area contributed by atoms with Crippen molar-refractivity contribution in [1.29, 1.82) is 0 Å². The smallest absolute Gasteiger partial charge is 0.139 e. The lowest BCUT2D eigenvalue weighted by atomic mass is 10.1. The predicted molar refractivity (Wildman–Crippen MR) is 89.3 cm³/mol. The molecule has 1 aromatic heterocycles. The SMILES string of the molecule is CCCCc1ccc(Nc2ncnc(NC)c2CC)cc1. The number of nitrogens with one attached hydrogen (secondary N) is 2. The van der Waals surface area contributed by atoms with E-state index in [9.17, 15) is 0 Å². The molecule has 0 aliphatic heterocycles. The van der Waals surface area contributed by atoms with Gasteiger partial charge < -0.3 is 10.6 Å². The number of nitrogens with zero attached hydrogens (tertiary/aromatic N) is 2. The molecule has 21 heavy (non-hydrogen) atoms. The van der Waals surface area contributed by atoms with Crippen molar-refractivity contribution in [2.45, 2.75) is 39.5 Å². The number of unbranched alkanes of at least 4 members (excludes halogenated alkanes) is 1. The van der Waals surface area contributed by atoms with E-state index >= 15 is 0 Å². The Morgan fingerprint density at radius 1 is 1.00 bits per heavy atom. The quantitative estimate of drug-likeness (QED) is 0.801. The summed E-state index contributed by atoms with van der Waals surface area (Å²) in [7, 11) is 1.88. The van der Waals surface area contributed by atoms with Gasteiger partial charge in [-0.2, -0.15) is 0 Å². The molecule has 4 heteroatoms. The maximum atomic E-state index is 4.36. The van der Waals surface area contributed by atoms with Crippen molar-refractivity contribution in [3.63, 3.8) is 0 Å². The predicted octanol–water partition coefficient (Wildman–Crippen LogP) is 4.17. The fraction of sp³-hybridized carbons (Fsp3) is 0.412. The monoisotopic (exact) mass is 284 g/mol. The molecule has 1 aromatic carbocycles. The molecule has 1 heterocycles. The number of hydrogen-bond acceptors (Lipinski definition) is 4. The van der Waals surface area contributed by atoms with Crippen LogP contribution in [0.1, 0.15) is 37.8 Å². The van der Waals surface area contributed by atoms with Crippen molar-refractivity contribution >= 4 is 17.3 Å². The first-order valence-electron chi connectivity index (χ1n) is 7.66. The molecule has 0 saturated heterocycles. The van der Waals surface area contributed by atoms with E-state index in [-0.39, 0.29) is 0 Å². The normalized spacial score (nSPS) is 10.4. The van der Waals surface area contributed by atoms with Gasteiger partial charge in [0.05, 0.1) is 0 Å². The molecule has 0 atom stereocenters. The standard InChI is InChI=1S/C17H24N4/c1-4-6-7-13-8-10-14(11-9-13)21-17-15(5-2)16(18-3)19-12-20-17/h8-12H,4-7H2,1-3H3,(H2,18,19,20,21).